The number of aromatic nitrogens is 2. The van der Waals surface area contributed by atoms with Crippen molar-refractivity contribution >= 4 is 22.6 Å². The molecule has 0 atom stereocenters. The smallest absolute Gasteiger partial charge is 0.261 e. The molecule has 0 bridgehead atoms. The maximum absolute atomic E-state index is 12.9. The summed E-state index contributed by atoms with van der Waals surface area (Å²) in [5.74, 6) is 0.202. The first-order chi connectivity index (χ1) is 12.7. The molecule has 0 aliphatic carbocycles. The molecule has 132 valence electrons. The Labute approximate surface area is 151 Å². The normalized spacial score (nSPS) is 13.5. The Morgan fingerprint density at radius 3 is 2.50 bits per heavy atom. The number of nitrogens with zero attached hydrogens (tertiary/aromatic N) is 3. The molecule has 2 aromatic carbocycles. The second-order valence-corrected chi connectivity index (χ2v) is 6.31. The SMILES string of the molecule is COc1ccc2c3c(cccc13)C(=O)N(CCCCn1ccnc1)C2=O. The van der Waals surface area contributed by atoms with E-state index < -0.39 is 0 Å². The molecule has 6 heteroatoms. The second-order valence-electron chi connectivity index (χ2n) is 6.31. The molecule has 0 N–H and O–H groups in total. The number of carbonyl (C=O) groups is 2. The van der Waals surface area contributed by atoms with Crippen molar-refractivity contribution in [3.8, 4) is 5.75 Å². The van der Waals surface area contributed by atoms with Gasteiger partial charge >= 0.3 is 0 Å². The van der Waals surface area contributed by atoms with E-state index in [-0.39, 0.29) is 11.8 Å². The number of imidazole rings is 1. The summed E-state index contributed by atoms with van der Waals surface area (Å²) >= 11 is 0. The van der Waals surface area contributed by atoms with Crippen LogP contribution in [0.15, 0.2) is 49.1 Å². The van der Waals surface area contributed by atoms with Crippen molar-refractivity contribution in [3.05, 3.63) is 60.2 Å². The fraction of sp³-hybridized carbons (Fsp3) is 0.250. The fourth-order valence-corrected chi connectivity index (χ4v) is 3.48. The summed E-state index contributed by atoms with van der Waals surface area (Å²) in [5.41, 5.74) is 1.12. The van der Waals surface area contributed by atoms with E-state index in [4.69, 9.17) is 4.74 Å². The first kappa shape index (κ1) is 16.3. The first-order valence-corrected chi connectivity index (χ1v) is 8.62. The maximum atomic E-state index is 12.9. The monoisotopic (exact) mass is 349 g/mol. The first-order valence-electron chi connectivity index (χ1n) is 8.62. The summed E-state index contributed by atoms with van der Waals surface area (Å²) in [5, 5.41) is 1.49. The number of rotatable bonds is 6. The lowest BCUT2D eigenvalue weighted by molar-refractivity contribution is 0.0607. The zero-order valence-corrected chi connectivity index (χ0v) is 14.5. The number of hydrogen-bond donors (Lipinski definition) is 0. The van der Waals surface area contributed by atoms with Crippen molar-refractivity contribution in [3.63, 3.8) is 0 Å². The molecule has 0 saturated carbocycles. The highest BCUT2D eigenvalue weighted by Gasteiger charge is 2.32. The van der Waals surface area contributed by atoms with Crippen LogP contribution in [-0.4, -0.2) is 39.9 Å². The van der Waals surface area contributed by atoms with Gasteiger partial charge in [-0.2, -0.15) is 0 Å². The lowest BCUT2D eigenvalue weighted by Gasteiger charge is -2.27. The van der Waals surface area contributed by atoms with Gasteiger partial charge in [0.05, 0.1) is 13.4 Å². The van der Waals surface area contributed by atoms with E-state index in [1.54, 1.807) is 37.8 Å². The maximum Gasteiger partial charge on any atom is 0.261 e. The number of ether oxygens (including phenoxy) is 1. The molecule has 1 aromatic heterocycles. The number of benzene rings is 2. The molecular weight excluding hydrogens is 330 g/mol. The Bertz CT molecular complexity index is 957. The van der Waals surface area contributed by atoms with Crippen LogP contribution < -0.4 is 4.74 Å². The van der Waals surface area contributed by atoms with Crippen LogP contribution in [0.1, 0.15) is 33.6 Å². The Balaban J connectivity index is 1.58. The molecule has 1 aliphatic heterocycles. The van der Waals surface area contributed by atoms with E-state index in [0.717, 1.165) is 24.8 Å². The van der Waals surface area contributed by atoms with Crippen LogP contribution in [0, 0.1) is 0 Å². The predicted molar refractivity (Wildman–Crippen MR) is 97.3 cm³/mol. The molecule has 4 rings (SSSR count). The highest BCUT2D eigenvalue weighted by molar-refractivity contribution is 6.26. The van der Waals surface area contributed by atoms with E-state index in [2.05, 4.69) is 4.98 Å². The van der Waals surface area contributed by atoms with E-state index in [0.29, 0.717) is 28.8 Å². The third kappa shape index (κ3) is 2.63. The number of methoxy groups -OCH3 is 1. The third-order valence-electron chi connectivity index (χ3n) is 4.78. The topological polar surface area (TPSA) is 64.4 Å². The molecule has 1 aliphatic rings. The van der Waals surface area contributed by atoms with Gasteiger partial charge in [0.15, 0.2) is 0 Å². The standard InChI is InChI=1S/C20H19N3O3/c1-26-17-8-7-16-18-14(17)5-4-6-15(18)19(24)23(20(16)25)11-3-2-10-22-12-9-21-13-22/h4-9,12-13H,2-3,10-11H2,1H3. The van der Waals surface area contributed by atoms with Crippen molar-refractivity contribution in [1.82, 2.24) is 14.5 Å². The van der Waals surface area contributed by atoms with Gasteiger partial charge < -0.3 is 9.30 Å². The van der Waals surface area contributed by atoms with E-state index >= 15 is 0 Å². The minimum Gasteiger partial charge on any atom is -0.496 e. The van der Waals surface area contributed by atoms with Gasteiger partial charge in [-0.25, -0.2) is 4.98 Å². The zero-order valence-electron chi connectivity index (χ0n) is 14.5. The van der Waals surface area contributed by atoms with Gasteiger partial charge in [-0.05, 0) is 31.0 Å². The van der Waals surface area contributed by atoms with Gasteiger partial charge in [-0.15, -0.1) is 0 Å². The summed E-state index contributed by atoms with van der Waals surface area (Å²) in [7, 11) is 1.59. The summed E-state index contributed by atoms with van der Waals surface area (Å²) < 4.78 is 7.36. The third-order valence-corrected chi connectivity index (χ3v) is 4.78. The zero-order chi connectivity index (χ0) is 18.1. The quantitative estimate of drug-likeness (QED) is 0.507. The number of amides is 2. The molecule has 3 aromatic rings. The van der Waals surface area contributed by atoms with Gasteiger partial charge in [0.2, 0.25) is 0 Å². The van der Waals surface area contributed by atoms with Gasteiger partial charge in [0.1, 0.15) is 5.75 Å². The number of imide groups is 1. The Kier molecular flexibility index (Phi) is 4.16. The molecule has 0 fully saturated rings. The number of hydrogen-bond acceptors (Lipinski definition) is 4. The van der Waals surface area contributed by atoms with Crippen LogP contribution in [0.25, 0.3) is 10.8 Å². The second kappa shape index (κ2) is 6.63. The lowest BCUT2D eigenvalue weighted by atomic mass is 9.93. The van der Waals surface area contributed by atoms with Crippen LogP contribution in [-0.2, 0) is 6.54 Å². The number of aryl methyl sites for hydroxylation is 1. The van der Waals surface area contributed by atoms with Gasteiger partial charge in [0.25, 0.3) is 11.8 Å². The summed E-state index contributed by atoms with van der Waals surface area (Å²) in [4.78, 5) is 31.1. The minimum absolute atomic E-state index is 0.232. The minimum atomic E-state index is -0.232. The van der Waals surface area contributed by atoms with Crippen LogP contribution in [0.2, 0.25) is 0 Å². The van der Waals surface area contributed by atoms with Crippen LogP contribution in [0.4, 0.5) is 0 Å². The van der Waals surface area contributed by atoms with Gasteiger partial charge in [0, 0.05) is 47.4 Å². The highest BCUT2D eigenvalue weighted by Crippen LogP contribution is 2.35. The molecule has 0 unspecified atom stereocenters. The molecule has 26 heavy (non-hydrogen) atoms. The van der Waals surface area contributed by atoms with E-state index in [1.807, 2.05) is 22.9 Å². The van der Waals surface area contributed by atoms with Crippen LogP contribution in [0.5, 0.6) is 5.75 Å². The van der Waals surface area contributed by atoms with Crippen molar-refractivity contribution in [2.45, 2.75) is 19.4 Å². The largest absolute Gasteiger partial charge is 0.496 e. The average molecular weight is 349 g/mol. The van der Waals surface area contributed by atoms with Crippen LogP contribution in [0.3, 0.4) is 0 Å². The van der Waals surface area contributed by atoms with Gasteiger partial charge in [-0.1, -0.05) is 12.1 Å². The molecule has 0 saturated heterocycles. The number of carbonyl (C=O) groups excluding carboxylic acids is 2. The number of unbranched alkanes of at least 4 members (excludes halogenated alkanes) is 1. The Hall–Kier alpha value is -3.15. The molecule has 2 amide bonds. The van der Waals surface area contributed by atoms with Crippen LogP contribution >= 0.6 is 0 Å². The molecule has 2 heterocycles. The van der Waals surface area contributed by atoms with Crippen molar-refractivity contribution < 1.29 is 14.3 Å². The molecule has 0 spiro atoms. The average Bonchev–Trinajstić information content (AvgIpc) is 3.18. The summed E-state index contributed by atoms with van der Waals surface area (Å²) in [6.45, 7) is 1.23. The Morgan fingerprint density at radius 2 is 1.77 bits per heavy atom. The lowest BCUT2D eigenvalue weighted by Crippen LogP contribution is -2.40. The fourth-order valence-electron chi connectivity index (χ4n) is 3.48. The summed E-state index contributed by atoms with van der Waals surface area (Å²) in [6, 6.07) is 9.01. The van der Waals surface area contributed by atoms with Crippen molar-refractivity contribution in [1.29, 1.82) is 0 Å². The van der Waals surface area contributed by atoms with Gasteiger partial charge in [-0.3, -0.25) is 14.5 Å². The molecule has 0 radical (unpaired) electrons. The highest BCUT2D eigenvalue weighted by atomic mass is 16.5. The van der Waals surface area contributed by atoms with Crippen molar-refractivity contribution in [2.75, 3.05) is 13.7 Å². The predicted octanol–water partition coefficient (Wildman–Crippen LogP) is 3.12. The van der Waals surface area contributed by atoms with E-state index in [9.17, 15) is 9.59 Å². The molecular formula is C20H19N3O3. The van der Waals surface area contributed by atoms with E-state index in [1.165, 1.54) is 4.90 Å². The summed E-state index contributed by atoms with van der Waals surface area (Å²) in [6.07, 6.45) is 7.02. The Morgan fingerprint density at radius 1 is 1.00 bits per heavy atom. The van der Waals surface area contributed by atoms with Crippen molar-refractivity contribution in [2.24, 2.45) is 0 Å². The molecule has 6 nitrogen and oxygen atoms in total.